The molecule has 0 aliphatic carbocycles. The summed E-state index contributed by atoms with van der Waals surface area (Å²) in [6, 6.07) is 25.9. The number of hydrogen-bond donors (Lipinski definition) is 1. The number of nitrogens with one attached hydrogen (secondary N) is 1. The molecule has 0 saturated carbocycles. The first-order valence-corrected chi connectivity index (χ1v) is 8.69. The molecular formula is C23H18N2O2. The largest absolute Gasteiger partial charge is 0.436 e. The Balaban J connectivity index is 1.58. The van der Waals surface area contributed by atoms with Gasteiger partial charge in [0.2, 0.25) is 11.8 Å². The monoisotopic (exact) mass is 354 g/mol. The van der Waals surface area contributed by atoms with Crippen LogP contribution in [-0.2, 0) is 4.79 Å². The van der Waals surface area contributed by atoms with Crippen LogP contribution in [-0.4, -0.2) is 10.9 Å². The van der Waals surface area contributed by atoms with Crippen LogP contribution >= 0.6 is 0 Å². The fourth-order valence-corrected chi connectivity index (χ4v) is 2.93. The van der Waals surface area contributed by atoms with Gasteiger partial charge >= 0.3 is 0 Å². The number of nitrogens with zero attached hydrogens (tertiary/aromatic N) is 1. The molecule has 1 amide bonds. The van der Waals surface area contributed by atoms with Gasteiger partial charge in [0, 0.05) is 23.7 Å². The molecular weight excluding hydrogens is 336 g/mol. The quantitative estimate of drug-likeness (QED) is 0.516. The molecule has 4 aromatic rings. The van der Waals surface area contributed by atoms with E-state index in [-0.39, 0.29) is 5.91 Å². The summed E-state index contributed by atoms with van der Waals surface area (Å²) < 4.78 is 5.94. The van der Waals surface area contributed by atoms with Gasteiger partial charge in [0.1, 0.15) is 0 Å². The van der Waals surface area contributed by atoms with E-state index in [4.69, 9.17) is 4.42 Å². The number of aromatic nitrogens is 1. The SMILES string of the molecule is CC(=O)Nc1cccc(-c2ncc(-c3ccc(-c4ccccc4)cc3)o2)c1. The predicted octanol–water partition coefficient (Wildman–Crippen LogP) is 5.63. The van der Waals surface area contributed by atoms with Crippen molar-refractivity contribution in [1.29, 1.82) is 0 Å². The molecule has 1 aromatic heterocycles. The van der Waals surface area contributed by atoms with Crippen LogP contribution in [0.2, 0.25) is 0 Å². The van der Waals surface area contributed by atoms with Crippen LogP contribution in [0.25, 0.3) is 33.9 Å². The molecule has 4 rings (SSSR count). The Bertz CT molecular complexity index is 1070. The second-order valence-electron chi connectivity index (χ2n) is 6.24. The van der Waals surface area contributed by atoms with E-state index in [0.29, 0.717) is 17.3 Å². The van der Waals surface area contributed by atoms with Crippen molar-refractivity contribution in [3.05, 3.63) is 85.1 Å². The molecule has 0 aliphatic rings. The first-order chi connectivity index (χ1) is 13.2. The summed E-state index contributed by atoms with van der Waals surface area (Å²) in [4.78, 5) is 15.6. The number of anilines is 1. The summed E-state index contributed by atoms with van der Waals surface area (Å²) in [5.41, 5.74) is 4.83. The molecule has 1 heterocycles. The van der Waals surface area contributed by atoms with Gasteiger partial charge in [0.25, 0.3) is 0 Å². The summed E-state index contributed by atoms with van der Waals surface area (Å²) in [5, 5.41) is 2.77. The number of carbonyl (C=O) groups excluding carboxylic acids is 1. The zero-order chi connectivity index (χ0) is 18.6. The molecule has 0 radical (unpaired) electrons. The van der Waals surface area contributed by atoms with Gasteiger partial charge in [-0.2, -0.15) is 0 Å². The third-order valence-electron chi connectivity index (χ3n) is 4.21. The zero-order valence-electron chi connectivity index (χ0n) is 14.8. The lowest BCUT2D eigenvalue weighted by Gasteiger charge is -2.04. The minimum absolute atomic E-state index is 0.112. The number of amides is 1. The van der Waals surface area contributed by atoms with Crippen molar-refractivity contribution in [2.75, 3.05) is 5.32 Å². The first kappa shape index (κ1) is 16.8. The minimum atomic E-state index is -0.112. The van der Waals surface area contributed by atoms with Crippen molar-refractivity contribution in [3.8, 4) is 33.9 Å². The van der Waals surface area contributed by atoms with E-state index in [2.05, 4.69) is 34.6 Å². The Morgan fingerprint density at radius 3 is 2.22 bits per heavy atom. The highest BCUT2D eigenvalue weighted by Crippen LogP contribution is 2.29. The van der Waals surface area contributed by atoms with Crippen LogP contribution in [0.4, 0.5) is 5.69 Å². The first-order valence-electron chi connectivity index (χ1n) is 8.69. The lowest BCUT2D eigenvalue weighted by Crippen LogP contribution is -2.05. The fourth-order valence-electron chi connectivity index (χ4n) is 2.93. The minimum Gasteiger partial charge on any atom is -0.436 e. The molecule has 0 spiro atoms. The zero-order valence-corrected chi connectivity index (χ0v) is 14.8. The highest BCUT2D eigenvalue weighted by molar-refractivity contribution is 5.89. The molecule has 1 N–H and O–H groups in total. The van der Waals surface area contributed by atoms with E-state index in [0.717, 1.165) is 16.7 Å². The van der Waals surface area contributed by atoms with E-state index in [1.165, 1.54) is 12.5 Å². The molecule has 0 unspecified atom stereocenters. The van der Waals surface area contributed by atoms with Gasteiger partial charge < -0.3 is 9.73 Å². The van der Waals surface area contributed by atoms with E-state index in [9.17, 15) is 4.79 Å². The standard InChI is InChI=1S/C23H18N2O2/c1-16(26)25-21-9-5-8-20(14-21)23-24-15-22(27-23)19-12-10-18(11-13-19)17-6-3-2-4-7-17/h2-15H,1H3,(H,25,26). The van der Waals surface area contributed by atoms with Crippen LogP contribution in [0.3, 0.4) is 0 Å². The third-order valence-corrected chi connectivity index (χ3v) is 4.21. The maximum atomic E-state index is 11.2. The average molecular weight is 354 g/mol. The molecule has 3 aromatic carbocycles. The maximum absolute atomic E-state index is 11.2. The molecule has 0 fully saturated rings. The summed E-state index contributed by atoms with van der Waals surface area (Å²) >= 11 is 0. The van der Waals surface area contributed by atoms with Gasteiger partial charge in [-0.25, -0.2) is 4.98 Å². The summed E-state index contributed by atoms with van der Waals surface area (Å²) in [7, 11) is 0. The van der Waals surface area contributed by atoms with Gasteiger partial charge in [-0.05, 0) is 29.3 Å². The fraction of sp³-hybridized carbons (Fsp3) is 0.0435. The highest BCUT2D eigenvalue weighted by Gasteiger charge is 2.10. The predicted molar refractivity (Wildman–Crippen MR) is 107 cm³/mol. The van der Waals surface area contributed by atoms with Crippen molar-refractivity contribution in [2.45, 2.75) is 6.92 Å². The van der Waals surface area contributed by atoms with Gasteiger partial charge in [-0.1, -0.05) is 60.7 Å². The van der Waals surface area contributed by atoms with E-state index >= 15 is 0 Å². The molecule has 132 valence electrons. The van der Waals surface area contributed by atoms with Crippen LogP contribution in [0.5, 0.6) is 0 Å². The van der Waals surface area contributed by atoms with Crippen LogP contribution in [0, 0.1) is 0 Å². The molecule has 0 aliphatic heterocycles. The second kappa shape index (κ2) is 7.30. The third kappa shape index (κ3) is 3.80. The second-order valence-corrected chi connectivity index (χ2v) is 6.24. The highest BCUT2D eigenvalue weighted by atomic mass is 16.4. The molecule has 27 heavy (non-hydrogen) atoms. The number of carbonyl (C=O) groups is 1. The topological polar surface area (TPSA) is 55.1 Å². The molecule has 0 saturated heterocycles. The van der Waals surface area contributed by atoms with E-state index in [1.807, 2.05) is 54.6 Å². The molecule has 0 atom stereocenters. The van der Waals surface area contributed by atoms with Crippen molar-refractivity contribution >= 4 is 11.6 Å². The van der Waals surface area contributed by atoms with Crippen molar-refractivity contribution in [3.63, 3.8) is 0 Å². The van der Waals surface area contributed by atoms with Crippen molar-refractivity contribution in [1.82, 2.24) is 4.98 Å². The lowest BCUT2D eigenvalue weighted by atomic mass is 10.0. The Morgan fingerprint density at radius 2 is 1.48 bits per heavy atom. The number of rotatable bonds is 4. The smallest absolute Gasteiger partial charge is 0.226 e. The van der Waals surface area contributed by atoms with Crippen molar-refractivity contribution < 1.29 is 9.21 Å². The van der Waals surface area contributed by atoms with Gasteiger partial charge in [0.15, 0.2) is 5.76 Å². The Labute approximate surface area is 157 Å². The number of benzene rings is 3. The normalized spacial score (nSPS) is 10.6. The van der Waals surface area contributed by atoms with Crippen LogP contribution in [0.1, 0.15) is 6.92 Å². The summed E-state index contributed by atoms with van der Waals surface area (Å²) in [6.45, 7) is 1.48. The maximum Gasteiger partial charge on any atom is 0.226 e. The van der Waals surface area contributed by atoms with Crippen molar-refractivity contribution in [2.24, 2.45) is 0 Å². The van der Waals surface area contributed by atoms with Crippen LogP contribution in [0.15, 0.2) is 89.5 Å². The Morgan fingerprint density at radius 1 is 0.815 bits per heavy atom. The summed E-state index contributed by atoms with van der Waals surface area (Å²) in [6.07, 6.45) is 1.72. The van der Waals surface area contributed by atoms with E-state index < -0.39 is 0 Å². The van der Waals surface area contributed by atoms with E-state index in [1.54, 1.807) is 6.20 Å². The number of hydrogen-bond acceptors (Lipinski definition) is 3. The van der Waals surface area contributed by atoms with Gasteiger partial charge in [-0.15, -0.1) is 0 Å². The van der Waals surface area contributed by atoms with Gasteiger partial charge in [0.05, 0.1) is 6.20 Å². The number of oxazole rings is 1. The summed E-state index contributed by atoms with van der Waals surface area (Å²) in [5.74, 6) is 1.11. The average Bonchev–Trinajstić information content (AvgIpc) is 3.19. The molecule has 0 bridgehead atoms. The Hall–Kier alpha value is -3.66. The Kier molecular flexibility index (Phi) is 4.54. The van der Waals surface area contributed by atoms with Gasteiger partial charge in [-0.3, -0.25) is 4.79 Å². The molecule has 4 heteroatoms. The molecule has 4 nitrogen and oxygen atoms in total. The lowest BCUT2D eigenvalue weighted by molar-refractivity contribution is -0.114. The van der Waals surface area contributed by atoms with Crippen LogP contribution < -0.4 is 5.32 Å².